The summed E-state index contributed by atoms with van der Waals surface area (Å²) >= 11 is 0. The van der Waals surface area contributed by atoms with Gasteiger partial charge in [-0.05, 0) is 23.1 Å². The minimum absolute atomic E-state index is 0.0575. The highest BCUT2D eigenvalue weighted by atomic mass is 16.2. The lowest BCUT2D eigenvalue weighted by Gasteiger charge is -2.22. The molecule has 2 amide bonds. The van der Waals surface area contributed by atoms with Gasteiger partial charge in [0.1, 0.15) is 0 Å². The Labute approximate surface area is 177 Å². The Morgan fingerprint density at radius 3 is 1.97 bits per heavy atom. The third-order valence-corrected chi connectivity index (χ3v) is 5.65. The van der Waals surface area contributed by atoms with Gasteiger partial charge in [0.05, 0.1) is 12.0 Å². The molecule has 4 nitrogen and oxygen atoms in total. The van der Waals surface area contributed by atoms with Crippen LogP contribution in [0.1, 0.15) is 29.2 Å². The lowest BCUT2D eigenvalue weighted by molar-refractivity contribution is -0.129. The second-order valence-corrected chi connectivity index (χ2v) is 7.74. The van der Waals surface area contributed by atoms with Crippen molar-refractivity contribution < 1.29 is 9.59 Å². The maximum absolute atomic E-state index is 13.1. The van der Waals surface area contributed by atoms with Crippen LogP contribution in [0.25, 0.3) is 0 Å². The Kier molecular flexibility index (Phi) is 6.23. The Morgan fingerprint density at radius 2 is 1.40 bits per heavy atom. The molecule has 0 unspecified atom stereocenters. The summed E-state index contributed by atoms with van der Waals surface area (Å²) in [6, 6.07) is 29.8. The van der Waals surface area contributed by atoms with Crippen LogP contribution in [0, 0.1) is 5.92 Å². The molecule has 0 saturated carbocycles. The van der Waals surface area contributed by atoms with Crippen LogP contribution in [0.4, 0.5) is 0 Å². The third-order valence-electron chi connectivity index (χ3n) is 5.65. The smallest absolute Gasteiger partial charge is 0.226 e. The number of hydrogen-bond donors (Lipinski definition) is 1. The van der Waals surface area contributed by atoms with E-state index in [1.54, 1.807) is 0 Å². The first-order chi connectivity index (χ1) is 14.7. The molecule has 0 radical (unpaired) electrons. The van der Waals surface area contributed by atoms with E-state index < -0.39 is 0 Å². The molecule has 4 heteroatoms. The maximum Gasteiger partial charge on any atom is 0.226 e. The molecule has 0 aromatic heterocycles. The molecule has 1 aliphatic heterocycles. The molecular formula is C26H26N2O2. The van der Waals surface area contributed by atoms with Gasteiger partial charge in [0.25, 0.3) is 0 Å². The lowest BCUT2D eigenvalue weighted by Crippen LogP contribution is -2.36. The predicted molar refractivity (Wildman–Crippen MR) is 118 cm³/mol. The van der Waals surface area contributed by atoms with E-state index in [0.717, 1.165) is 17.5 Å². The van der Waals surface area contributed by atoms with Crippen molar-refractivity contribution >= 4 is 11.8 Å². The lowest BCUT2D eigenvalue weighted by atomic mass is 9.97. The Bertz CT molecular complexity index is 934. The number of hydrogen-bond acceptors (Lipinski definition) is 2. The molecule has 4 rings (SSSR count). The van der Waals surface area contributed by atoms with Gasteiger partial charge in [-0.15, -0.1) is 0 Å². The molecule has 0 aliphatic carbocycles. The number of likely N-dealkylation sites (tertiary alicyclic amines) is 1. The molecule has 1 saturated heterocycles. The van der Waals surface area contributed by atoms with E-state index in [-0.39, 0.29) is 30.2 Å². The van der Waals surface area contributed by atoms with Crippen molar-refractivity contribution in [3.8, 4) is 0 Å². The molecule has 30 heavy (non-hydrogen) atoms. The van der Waals surface area contributed by atoms with Crippen molar-refractivity contribution in [3.05, 3.63) is 108 Å². The minimum Gasteiger partial charge on any atom is -0.345 e. The van der Waals surface area contributed by atoms with E-state index in [2.05, 4.69) is 17.4 Å². The summed E-state index contributed by atoms with van der Waals surface area (Å²) < 4.78 is 0. The largest absolute Gasteiger partial charge is 0.345 e. The number of amides is 2. The van der Waals surface area contributed by atoms with E-state index in [1.165, 1.54) is 5.56 Å². The van der Waals surface area contributed by atoms with Gasteiger partial charge in [0, 0.05) is 19.5 Å². The Morgan fingerprint density at radius 1 is 0.867 bits per heavy atom. The standard InChI is InChI=1S/C26H26N2O2/c29-24-18-23(19-28(24)17-16-20-10-4-1-5-11-20)26(30)27-25(21-12-6-2-7-13-21)22-14-8-3-9-15-22/h1-15,23,25H,16-19H2,(H,27,30)/t23-/m0/s1. The summed E-state index contributed by atoms with van der Waals surface area (Å²) in [7, 11) is 0. The zero-order valence-corrected chi connectivity index (χ0v) is 16.9. The van der Waals surface area contributed by atoms with E-state index in [9.17, 15) is 9.59 Å². The van der Waals surface area contributed by atoms with Crippen LogP contribution in [-0.2, 0) is 16.0 Å². The topological polar surface area (TPSA) is 49.4 Å². The summed E-state index contributed by atoms with van der Waals surface area (Å²) in [6.07, 6.45) is 1.08. The minimum atomic E-state index is -0.316. The van der Waals surface area contributed by atoms with E-state index in [4.69, 9.17) is 0 Å². The highest BCUT2D eigenvalue weighted by molar-refractivity contribution is 5.89. The van der Waals surface area contributed by atoms with Gasteiger partial charge in [-0.2, -0.15) is 0 Å². The van der Waals surface area contributed by atoms with Crippen LogP contribution >= 0.6 is 0 Å². The maximum atomic E-state index is 13.1. The van der Waals surface area contributed by atoms with Crippen molar-refractivity contribution in [1.29, 1.82) is 0 Å². The summed E-state index contributed by atoms with van der Waals surface area (Å²) in [5.74, 6) is -0.325. The van der Waals surface area contributed by atoms with Gasteiger partial charge in [-0.3, -0.25) is 9.59 Å². The second-order valence-electron chi connectivity index (χ2n) is 7.74. The fraction of sp³-hybridized carbons (Fsp3) is 0.231. The number of rotatable bonds is 7. The van der Waals surface area contributed by atoms with Gasteiger partial charge in [-0.25, -0.2) is 0 Å². The molecule has 152 valence electrons. The van der Waals surface area contributed by atoms with Crippen LogP contribution < -0.4 is 5.32 Å². The summed E-state index contributed by atoms with van der Waals surface area (Å²) in [5.41, 5.74) is 3.26. The second kappa shape index (κ2) is 9.40. The summed E-state index contributed by atoms with van der Waals surface area (Å²) in [5, 5.41) is 3.19. The number of carbonyl (C=O) groups is 2. The van der Waals surface area contributed by atoms with Gasteiger partial charge < -0.3 is 10.2 Å². The molecular weight excluding hydrogens is 372 g/mol. The summed E-state index contributed by atoms with van der Waals surface area (Å²) in [4.78, 5) is 27.4. The van der Waals surface area contributed by atoms with Crippen LogP contribution in [0.3, 0.4) is 0 Å². The van der Waals surface area contributed by atoms with E-state index in [1.807, 2.05) is 83.8 Å². The Balaban J connectivity index is 1.42. The molecule has 1 N–H and O–H groups in total. The van der Waals surface area contributed by atoms with Gasteiger partial charge in [-0.1, -0.05) is 91.0 Å². The third kappa shape index (κ3) is 4.77. The zero-order valence-electron chi connectivity index (χ0n) is 16.9. The average molecular weight is 399 g/mol. The quantitative estimate of drug-likeness (QED) is 0.654. The molecule has 3 aromatic carbocycles. The first-order valence-electron chi connectivity index (χ1n) is 10.4. The first kappa shape index (κ1) is 19.9. The predicted octanol–water partition coefficient (Wildman–Crippen LogP) is 3.98. The first-order valence-corrected chi connectivity index (χ1v) is 10.4. The van der Waals surface area contributed by atoms with Crippen molar-refractivity contribution in [2.75, 3.05) is 13.1 Å². The zero-order chi connectivity index (χ0) is 20.8. The summed E-state index contributed by atoms with van der Waals surface area (Å²) in [6.45, 7) is 1.13. The van der Waals surface area contributed by atoms with Crippen molar-refractivity contribution in [1.82, 2.24) is 10.2 Å². The fourth-order valence-corrected chi connectivity index (χ4v) is 3.98. The van der Waals surface area contributed by atoms with Crippen molar-refractivity contribution in [2.24, 2.45) is 5.92 Å². The number of carbonyl (C=O) groups excluding carboxylic acids is 2. The molecule has 3 aromatic rings. The highest BCUT2D eigenvalue weighted by Crippen LogP contribution is 2.24. The number of nitrogens with one attached hydrogen (secondary N) is 1. The average Bonchev–Trinajstić information content (AvgIpc) is 3.18. The van der Waals surface area contributed by atoms with Crippen molar-refractivity contribution in [2.45, 2.75) is 18.9 Å². The fourth-order valence-electron chi connectivity index (χ4n) is 3.98. The molecule has 1 atom stereocenters. The normalized spacial score (nSPS) is 16.1. The number of benzene rings is 3. The van der Waals surface area contributed by atoms with E-state index >= 15 is 0 Å². The monoisotopic (exact) mass is 398 g/mol. The highest BCUT2D eigenvalue weighted by Gasteiger charge is 2.35. The van der Waals surface area contributed by atoms with Gasteiger partial charge >= 0.3 is 0 Å². The van der Waals surface area contributed by atoms with Crippen molar-refractivity contribution in [3.63, 3.8) is 0 Å². The number of nitrogens with zero attached hydrogens (tertiary/aromatic N) is 1. The molecule has 1 fully saturated rings. The van der Waals surface area contributed by atoms with Gasteiger partial charge in [0.15, 0.2) is 0 Å². The van der Waals surface area contributed by atoms with Crippen LogP contribution in [0.2, 0.25) is 0 Å². The molecule has 1 aliphatic rings. The van der Waals surface area contributed by atoms with E-state index in [0.29, 0.717) is 13.1 Å². The molecule has 0 spiro atoms. The van der Waals surface area contributed by atoms with Gasteiger partial charge in [0.2, 0.25) is 11.8 Å². The molecule has 0 bridgehead atoms. The SMILES string of the molecule is O=C(NC(c1ccccc1)c1ccccc1)[C@H]1CC(=O)N(CCc2ccccc2)C1. The van der Waals surface area contributed by atoms with Crippen LogP contribution in [0.15, 0.2) is 91.0 Å². The molecule has 1 heterocycles. The van der Waals surface area contributed by atoms with Crippen LogP contribution in [-0.4, -0.2) is 29.8 Å². The Hall–Kier alpha value is -3.40. The van der Waals surface area contributed by atoms with Crippen LogP contribution in [0.5, 0.6) is 0 Å².